The second-order valence-corrected chi connectivity index (χ2v) is 5.31. The summed E-state index contributed by atoms with van der Waals surface area (Å²) < 4.78 is 0. The van der Waals surface area contributed by atoms with Gasteiger partial charge in [0.2, 0.25) is 5.91 Å². The average molecular weight is 298 g/mol. The molecule has 1 aromatic rings. The highest BCUT2D eigenvalue weighted by Crippen LogP contribution is 2.11. The fourth-order valence-electron chi connectivity index (χ4n) is 2.44. The van der Waals surface area contributed by atoms with Gasteiger partial charge in [-0.15, -0.1) is 12.4 Å². The van der Waals surface area contributed by atoms with Crippen molar-refractivity contribution in [2.45, 2.75) is 25.8 Å². The number of rotatable bonds is 4. The second-order valence-electron chi connectivity index (χ2n) is 5.31. The van der Waals surface area contributed by atoms with Crippen molar-refractivity contribution in [3.8, 4) is 0 Å². The number of piperidine rings is 1. The molecule has 0 aliphatic carbocycles. The summed E-state index contributed by atoms with van der Waals surface area (Å²) >= 11 is 0. The molecule has 1 heterocycles. The first kappa shape index (κ1) is 17.0. The Morgan fingerprint density at radius 3 is 2.50 bits per heavy atom. The number of hydrogen-bond donors (Lipinski definition) is 2. The van der Waals surface area contributed by atoms with E-state index in [4.69, 9.17) is 0 Å². The Hall–Kier alpha value is -1.10. The lowest BCUT2D eigenvalue weighted by Gasteiger charge is -2.31. The molecule has 0 aromatic heterocycles. The predicted molar refractivity (Wildman–Crippen MR) is 85.6 cm³/mol. The first-order valence-electron chi connectivity index (χ1n) is 6.92. The molecule has 0 atom stereocenters. The van der Waals surface area contributed by atoms with Crippen molar-refractivity contribution in [2.75, 3.05) is 32.0 Å². The summed E-state index contributed by atoms with van der Waals surface area (Å²) in [5, 5.41) is 6.28. The van der Waals surface area contributed by atoms with Gasteiger partial charge in [-0.05, 0) is 52.0 Å². The van der Waals surface area contributed by atoms with Crippen LogP contribution in [0, 0.1) is 6.92 Å². The number of carbonyl (C=O) groups is 1. The molecule has 5 heteroatoms. The van der Waals surface area contributed by atoms with Gasteiger partial charge in [0.1, 0.15) is 0 Å². The minimum atomic E-state index is 0. The van der Waals surface area contributed by atoms with Crippen LogP contribution in [0.15, 0.2) is 24.3 Å². The van der Waals surface area contributed by atoms with E-state index < -0.39 is 0 Å². The van der Waals surface area contributed by atoms with E-state index in [1.165, 1.54) is 5.56 Å². The van der Waals surface area contributed by atoms with Gasteiger partial charge in [0.15, 0.2) is 0 Å². The van der Waals surface area contributed by atoms with Crippen LogP contribution in [0.4, 0.5) is 5.69 Å². The summed E-state index contributed by atoms with van der Waals surface area (Å²) in [6.07, 6.45) is 2.24. The molecule has 112 valence electrons. The number of halogens is 1. The lowest BCUT2D eigenvalue weighted by Crippen LogP contribution is -2.44. The van der Waals surface area contributed by atoms with Gasteiger partial charge in [0.25, 0.3) is 0 Å². The standard InChI is InChI=1S/C15H23N3O.ClH/c1-12-3-5-13(6-4-12)17-15(19)11-18(2)14-7-9-16-10-8-14;/h3-6,14,16H,7-11H2,1-2H3,(H,17,19);1H. The third-order valence-corrected chi connectivity index (χ3v) is 3.66. The molecule has 1 saturated heterocycles. The Morgan fingerprint density at radius 1 is 1.30 bits per heavy atom. The molecule has 20 heavy (non-hydrogen) atoms. The van der Waals surface area contributed by atoms with E-state index in [-0.39, 0.29) is 18.3 Å². The van der Waals surface area contributed by atoms with E-state index in [9.17, 15) is 4.79 Å². The third kappa shape index (κ3) is 5.12. The minimum Gasteiger partial charge on any atom is -0.325 e. The van der Waals surface area contributed by atoms with Crippen molar-refractivity contribution in [1.82, 2.24) is 10.2 Å². The Bertz CT molecular complexity index is 416. The van der Waals surface area contributed by atoms with Crippen molar-refractivity contribution in [3.05, 3.63) is 29.8 Å². The number of benzene rings is 1. The highest BCUT2D eigenvalue weighted by Gasteiger charge is 2.19. The monoisotopic (exact) mass is 297 g/mol. The first-order chi connectivity index (χ1) is 9.15. The van der Waals surface area contributed by atoms with Crippen LogP contribution in [-0.2, 0) is 4.79 Å². The number of aryl methyl sites for hydroxylation is 1. The molecule has 1 aliphatic heterocycles. The smallest absolute Gasteiger partial charge is 0.238 e. The summed E-state index contributed by atoms with van der Waals surface area (Å²) in [6.45, 7) is 4.60. The summed E-state index contributed by atoms with van der Waals surface area (Å²) in [6, 6.07) is 8.42. The summed E-state index contributed by atoms with van der Waals surface area (Å²) in [5.74, 6) is 0.0601. The third-order valence-electron chi connectivity index (χ3n) is 3.66. The molecule has 0 unspecified atom stereocenters. The topological polar surface area (TPSA) is 44.4 Å². The van der Waals surface area contributed by atoms with Crippen LogP contribution in [0.1, 0.15) is 18.4 Å². The van der Waals surface area contributed by atoms with Gasteiger partial charge in [-0.2, -0.15) is 0 Å². The molecule has 4 nitrogen and oxygen atoms in total. The summed E-state index contributed by atoms with van der Waals surface area (Å²) in [5.41, 5.74) is 2.07. The zero-order chi connectivity index (χ0) is 13.7. The molecular weight excluding hydrogens is 274 g/mol. The van der Waals surface area contributed by atoms with Crippen LogP contribution in [-0.4, -0.2) is 43.5 Å². The van der Waals surface area contributed by atoms with Crippen LogP contribution in [0.3, 0.4) is 0 Å². The molecule has 1 aromatic carbocycles. The molecule has 2 N–H and O–H groups in total. The van der Waals surface area contributed by atoms with Crippen molar-refractivity contribution in [3.63, 3.8) is 0 Å². The Balaban J connectivity index is 0.00000200. The maximum Gasteiger partial charge on any atom is 0.238 e. The van der Waals surface area contributed by atoms with Crippen molar-refractivity contribution >= 4 is 24.0 Å². The van der Waals surface area contributed by atoms with Gasteiger partial charge in [-0.25, -0.2) is 0 Å². The molecular formula is C15H24ClN3O. The van der Waals surface area contributed by atoms with E-state index in [1.807, 2.05) is 38.2 Å². The SMILES string of the molecule is Cc1ccc(NC(=O)CN(C)C2CCNCC2)cc1.Cl. The zero-order valence-corrected chi connectivity index (χ0v) is 13.0. The van der Waals surface area contributed by atoms with Crippen LogP contribution in [0.5, 0.6) is 0 Å². The zero-order valence-electron chi connectivity index (χ0n) is 12.2. The lowest BCUT2D eigenvalue weighted by atomic mass is 10.1. The van der Waals surface area contributed by atoms with Gasteiger partial charge in [-0.1, -0.05) is 17.7 Å². The van der Waals surface area contributed by atoms with Crippen LogP contribution in [0.2, 0.25) is 0 Å². The number of likely N-dealkylation sites (N-methyl/N-ethyl adjacent to an activating group) is 1. The quantitative estimate of drug-likeness (QED) is 0.894. The van der Waals surface area contributed by atoms with Crippen molar-refractivity contribution in [2.24, 2.45) is 0 Å². The highest BCUT2D eigenvalue weighted by molar-refractivity contribution is 5.92. The molecule has 0 radical (unpaired) electrons. The first-order valence-corrected chi connectivity index (χ1v) is 6.92. The van der Waals surface area contributed by atoms with Crippen LogP contribution < -0.4 is 10.6 Å². The fourth-order valence-corrected chi connectivity index (χ4v) is 2.44. The maximum absolute atomic E-state index is 12.0. The van der Waals surface area contributed by atoms with Crippen LogP contribution >= 0.6 is 12.4 Å². The van der Waals surface area contributed by atoms with Crippen molar-refractivity contribution in [1.29, 1.82) is 0 Å². The van der Waals surface area contributed by atoms with Gasteiger partial charge in [0.05, 0.1) is 6.54 Å². The molecule has 0 saturated carbocycles. The Labute approximate surface area is 127 Å². The van der Waals surface area contributed by atoms with Crippen molar-refractivity contribution < 1.29 is 4.79 Å². The number of carbonyl (C=O) groups excluding carboxylic acids is 1. The predicted octanol–water partition coefficient (Wildman–Crippen LogP) is 2.04. The molecule has 1 amide bonds. The van der Waals surface area contributed by atoms with Gasteiger partial charge in [-0.3, -0.25) is 9.69 Å². The summed E-state index contributed by atoms with van der Waals surface area (Å²) in [7, 11) is 2.03. The van der Waals surface area contributed by atoms with E-state index in [1.54, 1.807) is 0 Å². The largest absolute Gasteiger partial charge is 0.325 e. The number of nitrogens with one attached hydrogen (secondary N) is 2. The number of anilines is 1. The Morgan fingerprint density at radius 2 is 1.90 bits per heavy atom. The van der Waals surface area contributed by atoms with E-state index in [0.717, 1.165) is 31.6 Å². The molecule has 0 spiro atoms. The number of amides is 1. The minimum absolute atomic E-state index is 0. The average Bonchev–Trinajstić information content (AvgIpc) is 2.42. The van der Waals surface area contributed by atoms with Gasteiger partial charge >= 0.3 is 0 Å². The van der Waals surface area contributed by atoms with E-state index in [2.05, 4.69) is 15.5 Å². The number of hydrogen-bond acceptors (Lipinski definition) is 3. The lowest BCUT2D eigenvalue weighted by molar-refractivity contribution is -0.117. The van der Waals surface area contributed by atoms with Gasteiger partial charge < -0.3 is 10.6 Å². The number of nitrogens with zero attached hydrogens (tertiary/aromatic N) is 1. The second kappa shape index (κ2) is 8.25. The normalized spacial score (nSPS) is 15.8. The van der Waals surface area contributed by atoms with E-state index >= 15 is 0 Å². The molecule has 2 rings (SSSR count). The summed E-state index contributed by atoms with van der Waals surface area (Å²) in [4.78, 5) is 14.1. The maximum atomic E-state index is 12.0. The molecule has 0 bridgehead atoms. The Kier molecular flexibility index (Phi) is 6.99. The van der Waals surface area contributed by atoms with E-state index in [0.29, 0.717) is 12.6 Å². The highest BCUT2D eigenvalue weighted by atomic mass is 35.5. The van der Waals surface area contributed by atoms with Gasteiger partial charge in [0, 0.05) is 11.7 Å². The molecule has 1 fully saturated rings. The van der Waals surface area contributed by atoms with Crippen LogP contribution in [0.25, 0.3) is 0 Å². The molecule has 1 aliphatic rings. The fraction of sp³-hybridized carbons (Fsp3) is 0.533.